The zero-order chi connectivity index (χ0) is 20.4. The Morgan fingerprint density at radius 1 is 1.17 bits per heavy atom. The zero-order valence-electron chi connectivity index (χ0n) is 14.8. The monoisotopic (exact) mass is 461 g/mol. The maximum absolute atomic E-state index is 13.5. The molecule has 0 radical (unpaired) electrons. The van der Waals surface area contributed by atoms with Gasteiger partial charge in [0, 0.05) is 16.9 Å². The number of hydrogen-bond acceptors (Lipinski definition) is 5. The average molecular weight is 462 g/mol. The van der Waals surface area contributed by atoms with Crippen LogP contribution in [0.5, 0.6) is 0 Å². The van der Waals surface area contributed by atoms with Gasteiger partial charge in [-0.05, 0) is 48.0 Å². The lowest BCUT2D eigenvalue weighted by Gasteiger charge is -2.14. The molecule has 0 N–H and O–H groups in total. The molecule has 0 spiro atoms. The Labute approximate surface area is 185 Å². The Balaban J connectivity index is 1.46. The number of thioether (sulfide) groups is 2. The number of halogens is 2. The molecular formula is C21H13ClFNO2S3. The molecule has 8 heteroatoms. The number of anilines is 1. The molecule has 1 saturated heterocycles. The van der Waals surface area contributed by atoms with E-state index in [4.69, 9.17) is 28.2 Å². The van der Waals surface area contributed by atoms with Gasteiger partial charge < -0.3 is 4.42 Å². The number of rotatable bonds is 5. The molecule has 146 valence electrons. The van der Waals surface area contributed by atoms with Gasteiger partial charge in [-0.1, -0.05) is 65.5 Å². The first kappa shape index (κ1) is 20.2. The van der Waals surface area contributed by atoms with Gasteiger partial charge in [0.2, 0.25) is 0 Å². The molecule has 1 aliphatic rings. The normalized spacial score (nSPS) is 15.5. The lowest BCUT2D eigenvalue weighted by molar-refractivity contribution is -0.113. The summed E-state index contributed by atoms with van der Waals surface area (Å²) in [7, 11) is 0. The van der Waals surface area contributed by atoms with Crippen LogP contribution >= 0.6 is 47.3 Å². The fourth-order valence-corrected chi connectivity index (χ4v) is 4.89. The number of amides is 1. The van der Waals surface area contributed by atoms with Gasteiger partial charge in [-0.15, -0.1) is 0 Å². The van der Waals surface area contributed by atoms with E-state index in [0.29, 0.717) is 25.7 Å². The summed E-state index contributed by atoms with van der Waals surface area (Å²) < 4.78 is 19.7. The molecule has 0 aliphatic carbocycles. The van der Waals surface area contributed by atoms with E-state index in [1.165, 1.54) is 28.8 Å². The molecule has 0 unspecified atom stereocenters. The molecule has 1 aliphatic heterocycles. The lowest BCUT2D eigenvalue weighted by Crippen LogP contribution is -2.27. The van der Waals surface area contributed by atoms with Crippen molar-refractivity contribution in [2.45, 2.75) is 10.8 Å². The predicted molar refractivity (Wildman–Crippen MR) is 122 cm³/mol. The fourth-order valence-electron chi connectivity index (χ4n) is 2.66. The van der Waals surface area contributed by atoms with E-state index in [0.717, 1.165) is 16.4 Å². The highest BCUT2D eigenvalue weighted by molar-refractivity contribution is 8.27. The SMILES string of the molecule is O=C1/C(=C/c2ccc(SCc3ccc(Cl)cc3)o2)SC(=S)N1c1cccc(F)c1. The smallest absolute Gasteiger partial charge is 0.270 e. The number of benzene rings is 2. The average Bonchev–Trinajstić information content (AvgIpc) is 3.25. The Kier molecular flexibility index (Phi) is 6.10. The summed E-state index contributed by atoms with van der Waals surface area (Å²) in [5, 5.41) is 1.45. The van der Waals surface area contributed by atoms with Crippen LogP contribution in [0.1, 0.15) is 11.3 Å². The molecule has 4 rings (SSSR count). The predicted octanol–water partition coefficient (Wildman–Crippen LogP) is 6.77. The van der Waals surface area contributed by atoms with Crippen LogP contribution in [0.25, 0.3) is 6.08 Å². The largest absolute Gasteiger partial charge is 0.450 e. The zero-order valence-corrected chi connectivity index (χ0v) is 18.0. The lowest BCUT2D eigenvalue weighted by atomic mass is 10.2. The quantitative estimate of drug-likeness (QED) is 0.238. The first-order valence-electron chi connectivity index (χ1n) is 8.50. The van der Waals surface area contributed by atoms with Gasteiger partial charge in [-0.25, -0.2) is 4.39 Å². The highest BCUT2D eigenvalue weighted by Crippen LogP contribution is 2.37. The van der Waals surface area contributed by atoms with E-state index >= 15 is 0 Å². The summed E-state index contributed by atoms with van der Waals surface area (Å²) in [6.07, 6.45) is 1.66. The number of carbonyl (C=O) groups is 1. The third-order valence-electron chi connectivity index (χ3n) is 4.03. The summed E-state index contributed by atoms with van der Waals surface area (Å²) >= 11 is 13.9. The van der Waals surface area contributed by atoms with Crippen LogP contribution in [0, 0.1) is 5.82 Å². The van der Waals surface area contributed by atoms with Crippen molar-refractivity contribution in [2.75, 3.05) is 4.90 Å². The molecule has 0 bridgehead atoms. The first-order chi connectivity index (χ1) is 14.0. The van der Waals surface area contributed by atoms with E-state index in [9.17, 15) is 9.18 Å². The second-order valence-corrected chi connectivity index (χ2v) is 9.16. The standard InChI is InChI=1S/C21H13ClFNO2S3/c22-14-6-4-13(5-7-14)12-28-19-9-8-17(26-19)11-18-20(25)24(21(27)29-18)16-3-1-2-15(23)10-16/h1-11H,12H2/b18-11-. The van der Waals surface area contributed by atoms with Gasteiger partial charge in [-0.2, -0.15) is 0 Å². The molecule has 29 heavy (non-hydrogen) atoms. The van der Waals surface area contributed by atoms with E-state index in [-0.39, 0.29) is 5.91 Å². The minimum atomic E-state index is -0.422. The molecule has 0 saturated carbocycles. The molecule has 3 aromatic rings. The van der Waals surface area contributed by atoms with Crippen LogP contribution in [-0.2, 0) is 10.5 Å². The van der Waals surface area contributed by atoms with Gasteiger partial charge in [0.15, 0.2) is 9.41 Å². The van der Waals surface area contributed by atoms with Crippen molar-refractivity contribution in [1.29, 1.82) is 0 Å². The second kappa shape index (κ2) is 8.75. The molecule has 1 aromatic heterocycles. The Morgan fingerprint density at radius 3 is 2.72 bits per heavy atom. The van der Waals surface area contributed by atoms with Crippen molar-refractivity contribution in [1.82, 2.24) is 0 Å². The summed E-state index contributed by atoms with van der Waals surface area (Å²) in [5.74, 6) is 0.584. The number of nitrogens with zero attached hydrogens (tertiary/aromatic N) is 1. The summed E-state index contributed by atoms with van der Waals surface area (Å²) in [5.41, 5.74) is 1.54. The van der Waals surface area contributed by atoms with Crippen molar-refractivity contribution < 1.29 is 13.6 Å². The van der Waals surface area contributed by atoms with Crippen LogP contribution in [-0.4, -0.2) is 10.2 Å². The van der Waals surface area contributed by atoms with Crippen LogP contribution in [0.15, 0.2) is 75.1 Å². The van der Waals surface area contributed by atoms with E-state index in [1.54, 1.807) is 36.0 Å². The van der Waals surface area contributed by atoms with Gasteiger partial charge >= 0.3 is 0 Å². The van der Waals surface area contributed by atoms with Crippen molar-refractivity contribution in [3.63, 3.8) is 0 Å². The molecule has 1 fully saturated rings. The Hall–Kier alpha value is -2.06. The number of hydrogen-bond donors (Lipinski definition) is 0. The third-order valence-corrected chi connectivity index (χ3v) is 6.57. The van der Waals surface area contributed by atoms with Crippen LogP contribution in [0.2, 0.25) is 5.02 Å². The Bertz CT molecular complexity index is 1110. The molecule has 2 heterocycles. The number of furan rings is 1. The highest BCUT2D eigenvalue weighted by atomic mass is 35.5. The fraction of sp³-hybridized carbons (Fsp3) is 0.0476. The molecule has 0 atom stereocenters. The van der Waals surface area contributed by atoms with E-state index in [1.807, 2.05) is 30.3 Å². The van der Waals surface area contributed by atoms with Gasteiger partial charge in [0.25, 0.3) is 5.91 Å². The maximum atomic E-state index is 13.5. The van der Waals surface area contributed by atoms with Crippen LogP contribution < -0.4 is 4.90 Å². The van der Waals surface area contributed by atoms with Gasteiger partial charge in [0.05, 0.1) is 10.6 Å². The van der Waals surface area contributed by atoms with Gasteiger partial charge in [0.1, 0.15) is 11.6 Å². The van der Waals surface area contributed by atoms with Crippen molar-refractivity contribution in [2.24, 2.45) is 0 Å². The van der Waals surface area contributed by atoms with E-state index < -0.39 is 5.82 Å². The Morgan fingerprint density at radius 2 is 1.97 bits per heavy atom. The summed E-state index contributed by atoms with van der Waals surface area (Å²) in [6, 6.07) is 17.1. The summed E-state index contributed by atoms with van der Waals surface area (Å²) in [4.78, 5) is 14.5. The number of thiocarbonyl (C=S) groups is 1. The first-order valence-corrected chi connectivity index (χ1v) is 11.1. The number of carbonyl (C=O) groups excluding carboxylic acids is 1. The van der Waals surface area contributed by atoms with Gasteiger partial charge in [-0.3, -0.25) is 9.69 Å². The maximum Gasteiger partial charge on any atom is 0.270 e. The molecule has 1 amide bonds. The van der Waals surface area contributed by atoms with Crippen LogP contribution in [0.4, 0.5) is 10.1 Å². The van der Waals surface area contributed by atoms with E-state index in [2.05, 4.69) is 0 Å². The van der Waals surface area contributed by atoms with Crippen molar-refractivity contribution in [3.05, 3.63) is 87.7 Å². The minimum Gasteiger partial charge on any atom is -0.450 e. The van der Waals surface area contributed by atoms with Crippen LogP contribution in [0.3, 0.4) is 0 Å². The molecule has 3 nitrogen and oxygen atoms in total. The summed E-state index contributed by atoms with van der Waals surface area (Å²) in [6.45, 7) is 0. The third kappa shape index (κ3) is 4.75. The second-order valence-electron chi connectivity index (χ2n) is 6.07. The molecular weight excluding hydrogens is 449 g/mol. The minimum absolute atomic E-state index is 0.294. The van der Waals surface area contributed by atoms with Crippen molar-refractivity contribution in [3.8, 4) is 0 Å². The van der Waals surface area contributed by atoms with Crippen molar-refractivity contribution >= 4 is 69.3 Å². The highest BCUT2D eigenvalue weighted by Gasteiger charge is 2.33. The topological polar surface area (TPSA) is 33.5 Å². The molecule has 2 aromatic carbocycles.